The topological polar surface area (TPSA) is 221 Å². The second-order valence-electron chi connectivity index (χ2n) is 18.1. The minimum Gasteiger partial charge on any atom is -0.395 e. The number of hydrogen-bond acceptors (Lipinski definition) is 10. The first-order valence-corrected chi connectivity index (χ1v) is 23.9. The van der Waals surface area contributed by atoms with Gasteiger partial charge in [-0.15, -0.1) is 0 Å². The van der Waals surface area contributed by atoms with Crippen molar-refractivity contribution in [2.45, 2.75) is 254 Å². The van der Waals surface area contributed by atoms with E-state index in [9.17, 15) is 0 Å². The van der Waals surface area contributed by atoms with Crippen molar-refractivity contribution in [3.8, 4) is 0 Å². The van der Waals surface area contributed by atoms with Crippen LogP contribution in [0.4, 0.5) is 0 Å². The van der Waals surface area contributed by atoms with Gasteiger partial charge in [-0.05, 0) is 116 Å². The van der Waals surface area contributed by atoms with E-state index in [1.165, 1.54) is 199 Å². The molecule has 330 valence electrons. The maximum atomic E-state index is 8.15. The van der Waals surface area contributed by atoms with Crippen molar-refractivity contribution in [2.24, 2.45) is 40.3 Å². The van der Waals surface area contributed by atoms with Gasteiger partial charge in [0.2, 0.25) is 0 Å². The predicted octanol–water partition coefficient (Wildman–Crippen LogP) is 6.59. The van der Waals surface area contributed by atoms with E-state index in [1.54, 1.807) is 0 Å². The summed E-state index contributed by atoms with van der Waals surface area (Å²) in [6, 6.07) is 5.03. The molecule has 0 aromatic heterocycles. The quantitative estimate of drug-likeness (QED) is 0.0986. The van der Waals surface area contributed by atoms with Crippen molar-refractivity contribution in [1.29, 1.82) is 0 Å². The molecule has 10 heteroatoms. The first-order chi connectivity index (χ1) is 26.6. The number of nitrogens with two attached hydrogens (primary N) is 6. The molecule has 0 bridgehead atoms. The van der Waals surface area contributed by atoms with E-state index in [2.05, 4.69) is 17.6 Å². The number of aliphatic hydroxyl groups excluding tert-OH is 2. The van der Waals surface area contributed by atoms with Gasteiger partial charge in [0.15, 0.2) is 0 Å². The smallest absolute Gasteiger partial charge is 0.0555 e. The van der Waals surface area contributed by atoms with Crippen molar-refractivity contribution >= 4 is 0 Å². The van der Waals surface area contributed by atoms with Gasteiger partial charge < -0.3 is 55.2 Å². The lowest BCUT2D eigenvalue weighted by molar-refractivity contribution is 0.266. The molecule has 0 heterocycles. The van der Waals surface area contributed by atoms with Gasteiger partial charge in [0, 0.05) is 61.4 Å². The normalized spacial score (nSPS) is 24.2. The third-order valence-corrected chi connectivity index (χ3v) is 11.8. The van der Waals surface area contributed by atoms with Gasteiger partial charge in [-0.25, -0.2) is 0 Å². The number of nitrogens with one attached hydrogen (secondary N) is 2. The Bertz CT molecular complexity index is 753. The first kappa shape index (κ1) is 52.6. The fourth-order valence-electron chi connectivity index (χ4n) is 7.07. The highest BCUT2D eigenvalue weighted by Crippen LogP contribution is 2.31. The molecule has 8 rings (SSSR count). The van der Waals surface area contributed by atoms with Crippen molar-refractivity contribution < 1.29 is 10.2 Å². The molecule has 10 nitrogen and oxygen atoms in total. The average Bonchev–Trinajstić information content (AvgIpc) is 4.02. The van der Waals surface area contributed by atoms with Crippen LogP contribution in [-0.2, 0) is 0 Å². The van der Waals surface area contributed by atoms with Crippen LogP contribution in [-0.4, -0.2) is 84.9 Å². The third-order valence-electron chi connectivity index (χ3n) is 11.8. The molecule has 0 aromatic carbocycles. The predicted molar refractivity (Wildman–Crippen MR) is 238 cm³/mol. The van der Waals surface area contributed by atoms with E-state index in [0.29, 0.717) is 49.3 Å². The molecule has 0 spiro atoms. The van der Waals surface area contributed by atoms with Crippen LogP contribution in [0.3, 0.4) is 0 Å². The first-order valence-electron chi connectivity index (χ1n) is 23.9. The summed E-state index contributed by atoms with van der Waals surface area (Å²) in [4.78, 5) is 0. The number of aliphatic hydroxyl groups is 2. The Morgan fingerprint density at radius 3 is 0.855 bits per heavy atom. The van der Waals surface area contributed by atoms with Gasteiger partial charge in [-0.3, -0.25) is 0 Å². The Balaban J connectivity index is 0.000000316. The monoisotopic (exact) mass is 783 g/mol. The van der Waals surface area contributed by atoms with E-state index >= 15 is 0 Å². The molecule has 8 aliphatic carbocycles. The molecule has 0 amide bonds. The second-order valence-corrected chi connectivity index (χ2v) is 18.1. The fraction of sp³-hybridized carbons (Fsp3) is 1.00. The molecule has 1 unspecified atom stereocenters. The Hall–Kier alpha value is -0.400. The molecule has 0 saturated heterocycles. The lowest BCUT2D eigenvalue weighted by Gasteiger charge is -2.18. The highest BCUT2D eigenvalue weighted by Gasteiger charge is 2.29. The maximum absolute atomic E-state index is 8.15. The van der Waals surface area contributed by atoms with Crippen LogP contribution in [0.15, 0.2) is 0 Å². The molecule has 8 fully saturated rings. The molecule has 0 aromatic rings. The molecule has 0 aliphatic heterocycles. The summed E-state index contributed by atoms with van der Waals surface area (Å²) >= 11 is 0. The fourth-order valence-corrected chi connectivity index (χ4v) is 7.07. The van der Waals surface area contributed by atoms with Gasteiger partial charge >= 0.3 is 0 Å². The van der Waals surface area contributed by atoms with Gasteiger partial charge in [0.25, 0.3) is 0 Å². The Morgan fingerprint density at radius 2 is 0.655 bits per heavy atom. The van der Waals surface area contributed by atoms with Gasteiger partial charge in [0.05, 0.1) is 13.2 Å². The SMILES string of the molecule is C1CC1NC1CC1.CC(N)C1CC1.NC1CCC1.NC1CCCC1.NC1CCCCC1.NC1CCCCCC1.NC1CCCCCCC1.OCCNCCO. The summed E-state index contributed by atoms with van der Waals surface area (Å²) in [7, 11) is 0. The Morgan fingerprint density at radius 1 is 0.400 bits per heavy atom. The minimum atomic E-state index is 0.139. The summed E-state index contributed by atoms with van der Waals surface area (Å²) < 4.78 is 0. The third kappa shape index (κ3) is 38.9. The molecule has 0 radical (unpaired) electrons. The van der Waals surface area contributed by atoms with E-state index in [-0.39, 0.29) is 13.2 Å². The summed E-state index contributed by atoms with van der Waals surface area (Å²) in [5.41, 5.74) is 33.6. The zero-order valence-corrected chi connectivity index (χ0v) is 36.3. The average molecular weight is 783 g/mol. The Kier molecular flexibility index (Phi) is 35.1. The summed E-state index contributed by atoms with van der Waals surface area (Å²) in [5, 5.41) is 22.6. The highest BCUT2D eigenvalue weighted by atomic mass is 16.3. The standard InChI is InChI=1S/C8H17N.C7H15N.C6H11N.C6H13N.2C5H11N.C4H11NO2.C4H9N/c9-8-6-4-2-1-3-5-7-8;8-7-5-3-1-2-4-6-7;1-2-5(1)7-6-3-4-6;7-6-4-2-1-3-5-6;1-4(6)5-2-3-5;6-5-3-1-2-4-5;6-3-1-5-2-4-7;5-4-2-1-3-4/h8H,1-7,9H2;7H,1-6,8H2;5-7H,1-4H2;6H,1-5,7H2;4-5H,2-3,6H2,1H3;5H,1-4,6H2;5-7H,1-4H2;4H,1-3,5H2. The van der Waals surface area contributed by atoms with Crippen LogP contribution in [0, 0.1) is 5.92 Å². The highest BCUT2D eigenvalue weighted by molar-refractivity contribution is 4.90. The minimum absolute atomic E-state index is 0.139. The van der Waals surface area contributed by atoms with Crippen molar-refractivity contribution in [1.82, 2.24) is 10.6 Å². The van der Waals surface area contributed by atoms with Crippen LogP contribution in [0.2, 0.25) is 0 Å². The molecule has 16 N–H and O–H groups in total. The van der Waals surface area contributed by atoms with Crippen molar-refractivity contribution in [2.75, 3.05) is 26.3 Å². The molecule has 1 atom stereocenters. The molecular formula is C45H98N8O2. The molecular weight excluding hydrogens is 685 g/mol. The zero-order chi connectivity index (χ0) is 40.4. The summed E-state index contributed by atoms with van der Waals surface area (Å²) in [5.74, 6) is 0.880. The van der Waals surface area contributed by atoms with Crippen LogP contribution in [0.1, 0.15) is 206 Å². The van der Waals surface area contributed by atoms with Gasteiger partial charge in [-0.2, -0.15) is 0 Å². The van der Waals surface area contributed by atoms with Crippen LogP contribution < -0.4 is 45.0 Å². The second kappa shape index (κ2) is 36.7. The largest absolute Gasteiger partial charge is 0.395 e. The number of rotatable bonds is 7. The molecule has 8 saturated carbocycles. The van der Waals surface area contributed by atoms with Crippen LogP contribution in [0.25, 0.3) is 0 Å². The van der Waals surface area contributed by atoms with E-state index in [4.69, 9.17) is 44.6 Å². The lowest BCUT2D eigenvalue weighted by atomic mass is 9.95. The number of hydrogen-bond donors (Lipinski definition) is 10. The van der Waals surface area contributed by atoms with E-state index in [0.717, 1.165) is 18.0 Å². The maximum Gasteiger partial charge on any atom is 0.0555 e. The summed E-state index contributed by atoms with van der Waals surface area (Å²) in [6.45, 7) is 3.50. The Labute approximate surface area is 341 Å². The van der Waals surface area contributed by atoms with Crippen molar-refractivity contribution in [3.63, 3.8) is 0 Å². The molecule has 8 aliphatic rings. The molecule has 55 heavy (non-hydrogen) atoms. The zero-order valence-electron chi connectivity index (χ0n) is 36.3. The van der Waals surface area contributed by atoms with Gasteiger partial charge in [-0.1, -0.05) is 96.3 Å². The van der Waals surface area contributed by atoms with Crippen LogP contribution in [0.5, 0.6) is 0 Å². The van der Waals surface area contributed by atoms with E-state index in [1.807, 2.05) is 0 Å². The lowest BCUT2D eigenvalue weighted by Crippen LogP contribution is -2.27. The van der Waals surface area contributed by atoms with E-state index < -0.39 is 0 Å². The van der Waals surface area contributed by atoms with Gasteiger partial charge in [0.1, 0.15) is 0 Å². The van der Waals surface area contributed by atoms with Crippen LogP contribution >= 0.6 is 0 Å². The summed E-state index contributed by atoms with van der Waals surface area (Å²) in [6.07, 6.45) is 41.9. The van der Waals surface area contributed by atoms with Crippen molar-refractivity contribution in [3.05, 3.63) is 0 Å².